The SMILES string of the molecule is COC(=O)C(=Cc1cccc(Cl)c1)C(=O)OC. The second kappa shape index (κ2) is 6.06. The van der Waals surface area contributed by atoms with Crippen LogP contribution in [-0.4, -0.2) is 26.2 Å². The molecule has 0 amide bonds. The van der Waals surface area contributed by atoms with Crippen LogP contribution in [0.1, 0.15) is 5.56 Å². The molecule has 1 rings (SSSR count). The van der Waals surface area contributed by atoms with E-state index in [1.54, 1.807) is 24.3 Å². The first kappa shape index (κ1) is 13.3. The van der Waals surface area contributed by atoms with E-state index in [4.69, 9.17) is 11.6 Å². The monoisotopic (exact) mass is 254 g/mol. The molecule has 0 radical (unpaired) electrons. The molecule has 0 heterocycles. The molecule has 0 unspecified atom stereocenters. The van der Waals surface area contributed by atoms with Gasteiger partial charge < -0.3 is 9.47 Å². The zero-order valence-electron chi connectivity index (χ0n) is 9.40. The minimum atomic E-state index is -0.753. The van der Waals surface area contributed by atoms with Gasteiger partial charge in [-0.25, -0.2) is 9.59 Å². The Kier molecular flexibility index (Phi) is 4.72. The largest absolute Gasteiger partial charge is 0.465 e. The summed E-state index contributed by atoms with van der Waals surface area (Å²) in [5, 5.41) is 0.507. The maximum atomic E-state index is 11.4. The lowest BCUT2D eigenvalue weighted by Crippen LogP contribution is -2.15. The molecule has 0 saturated carbocycles. The molecule has 0 aliphatic heterocycles. The fourth-order valence-electron chi connectivity index (χ4n) is 1.18. The van der Waals surface area contributed by atoms with Crippen molar-refractivity contribution in [3.8, 4) is 0 Å². The van der Waals surface area contributed by atoms with Crippen LogP contribution in [0, 0.1) is 0 Å². The van der Waals surface area contributed by atoms with Crippen molar-refractivity contribution < 1.29 is 19.1 Å². The van der Waals surface area contributed by atoms with Gasteiger partial charge in [-0.3, -0.25) is 0 Å². The predicted octanol–water partition coefficient (Wildman–Crippen LogP) is 2.07. The van der Waals surface area contributed by atoms with E-state index in [1.165, 1.54) is 20.3 Å². The number of carbonyl (C=O) groups excluding carboxylic acids is 2. The maximum absolute atomic E-state index is 11.4. The minimum absolute atomic E-state index is 0.183. The molecule has 4 nitrogen and oxygen atoms in total. The number of ether oxygens (including phenoxy) is 2. The number of hydrogen-bond donors (Lipinski definition) is 0. The Morgan fingerprint density at radius 2 is 1.76 bits per heavy atom. The predicted molar refractivity (Wildman–Crippen MR) is 63.5 cm³/mol. The fourth-order valence-corrected chi connectivity index (χ4v) is 1.38. The van der Waals surface area contributed by atoms with Gasteiger partial charge in [-0.1, -0.05) is 23.7 Å². The third-order valence-electron chi connectivity index (χ3n) is 1.97. The Bertz CT molecular complexity index is 447. The Balaban J connectivity index is 3.13. The highest BCUT2D eigenvalue weighted by Crippen LogP contribution is 2.15. The summed E-state index contributed by atoms with van der Waals surface area (Å²) in [6, 6.07) is 6.72. The van der Waals surface area contributed by atoms with Gasteiger partial charge in [-0.05, 0) is 23.8 Å². The lowest BCUT2D eigenvalue weighted by atomic mass is 10.1. The van der Waals surface area contributed by atoms with Crippen molar-refractivity contribution in [1.82, 2.24) is 0 Å². The molecule has 0 aliphatic carbocycles. The van der Waals surface area contributed by atoms with Gasteiger partial charge in [0.15, 0.2) is 0 Å². The highest BCUT2D eigenvalue weighted by molar-refractivity contribution is 6.30. The van der Waals surface area contributed by atoms with Crippen LogP contribution in [0.2, 0.25) is 5.02 Å². The summed E-state index contributed by atoms with van der Waals surface area (Å²) in [7, 11) is 2.38. The van der Waals surface area contributed by atoms with Gasteiger partial charge in [0.05, 0.1) is 14.2 Å². The van der Waals surface area contributed by atoms with Crippen molar-refractivity contribution in [3.05, 3.63) is 40.4 Å². The average Bonchev–Trinajstić information content (AvgIpc) is 2.34. The van der Waals surface area contributed by atoms with E-state index in [1.807, 2.05) is 0 Å². The summed E-state index contributed by atoms with van der Waals surface area (Å²) in [5.41, 5.74) is 0.431. The van der Waals surface area contributed by atoms with Crippen LogP contribution in [-0.2, 0) is 19.1 Å². The topological polar surface area (TPSA) is 52.6 Å². The van der Waals surface area contributed by atoms with Crippen molar-refractivity contribution in [1.29, 1.82) is 0 Å². The first-order chi connectivity index (χ1) is 8.08. The molecule has 5 heteroatoms. The van der Waals surface area contributed by atoms with E-state index in [-0.39, 0.29) is 5.57 Å². The van der Waals surface area contributed by atoms with Crippen LogP contribution < -0.4 is 0 Å². The zero-order chi connectivity index (χ0) is 12.8. The van der Waals surface area contributed by atoms with E-state index >= 15 is 0 Å². The van der Waals surface area contributed by atoms with E-state index in [9.17, 15) is 9.59 Å². The number of methoxy groups -OCH3 is 2. The Hall–Kier alpha value is -1.81. The lowest BCUT2D eigenvalue weighted by Gasteiger charge is -2.03. The molecule has 1 aromatic carbocycles. The summed E-state index contributed by atoms with van der Waals surface area (Å²) in [5.74, 6) is -1.51. The molecule has 1 aromatic rings. The molecule has 90 valence electrons. The standard InChI is InChI=1S/C12H11ClO4/c1-16-11(14)10(12(15)17-2)7-8-4-3-5-9(13)6-8/h3-7H,1-2H3. The highest BCUT2D eigenvalue weighted by Gasteiger charge is 2.19. The smallest absolute Gasteiger partial charge is 0.345 e. The van der Waals surface area contributed by atoms with Crippen molar-refractivity contribution in [3.63, 3.8) is 0 Å². The molecule has 0 bridgehead atoms. The molecule has 0 N–H and O–H groups in total. The van der Waals surface area contributed by atoms with Crippen molar-refractivity contribution >= 4 is 29.6 Å². The normalized spacial score (nSPS) is 9.35. The Labute approximate surface area is 104 Å². The average molecular weight is 255 g/mol. The third kappa shape index (κ3) is 3.60. The van der Waals surface area contributed by atoms with Crippen molar-refractivity contribution in [2.75, 3.05) is 14.2 Å². The molecule has 0 saturated heterocycles. The van der Waals surface area contributed by atoms with Gasteiger partial charge >= 0.3 is 11.9 Å². The molecule has 0 atom stereocenters. The van der Waals surface area contributed by atoms with Gasteiger partial charge in [-0.15, -0.1) is 0 Å². The summed E-state index contributed by atoms with van der Waals surface area (Å²) in [6.07, 6.45) is 1.36. The molecule has 0 aromatic heterocycles. The summed E-state index contributed by atoms with van der Waals surface area (Å²) in [6.45, 7) is 0. The van der Waals surface area contributed by atoms with E-state index in [2.05, 4.69) is 9.47 Å². The lowest BCUT2D eigenvalue weighted by molar-refractivity contribution is -0.143. The Morgan fingerprint density at radius 3 is 2.24 bits per heavy atom. The minimum Gasteiger partial charge on any atom is -0.465 e. The fraction of sp³-hybridized carbons (Fsp3) is 0.167. The number of esters is 2. The van der Waals surface area contributed by atoms with E-state index in [0.29, 0.717) is 10.6 Å². The van der Waals surface area contributed by atoms with E-state index in [0.717, 1.165) is 0 Å². The number of halogens is 1. The van der Waals surface area contributed by atoms with Crippen LogP contribution in [0.4, 0.5) is 0 Å². The van der Waals surface area contributed by atoms with Gasteiger partial charge in [0.2, 0.25) is 0 Å². The van der Waals surface area contributed by atoms with Crippen molar-refractivity contribution in [2.45, 2.75) is 0 Å². The molecular formula is C12H11ClO4. The number of carbonyl (C=O) groups is 2. The van der Waals surface area contributed by atoms with Crippen LogP contribution in [0.5, 0.6) is 0 Å². The van der Waals surface area contributed by atoms with Gasteiger partial charge in [-0.2, -0.15) is 0 Å². The summed E-state index contributed by atoms with van der Waals surface area (Å²) in [4.78, 5) is 22.8. The first-order valence-electron chi connectivity index (χ1n) is 4.72. The number of hydrogen-bond acceptors (Lipinski definition) is 4. The first-order valence-corrected chi connectivity index (χ1v) is 5.10. The highest BCUT2D eigenvalue weighted by atomic mass is 35.5. The molecule has 0 fully saturated rings. The van der Waals surface area contributed by atoms with E-state index < -0.39 is 11.9 Å². The maximum Gasteiger partial charge on any atom is 0.345 e. The second-order valence-electron chi connectivity index (χ2n) is 3.10. The number of rotatable bonds is 3. The van der Waals surface area contributed by atoms with Crippen LogP contribution in [0.3, 0.4) is 0 Å². The van der Waals surface area contributed by atoms with Gasteiger partial charge in [0.1, 0.15) is 5.57 Å². The number of benzene rings is 1. The summed E-state index contributed by atoms with van der Waals surface area (Å²) >= 11 is 5.79. The van der Waals surface area contributed by atoms with Crippen molar-refractivity contribution in [2.24, 2.45) is 0 Å². The molecule has 0 spiro atoms. The van der Waals surface area contributed by atoms with Crippen LogP contribution in [0.25, 0.3) is 6.08 Å². The summed E-state index contributed by atoms with van der Waals surface area (Å²) < 4.78 is 8.99. The van der Waals surface area contributed by atoms with Crippen LogP contribution in [0.15, 0.2) is 29.8 Å². The quantitative estimate of drug-likeness (QED) is 0.359. The Morgan fingerprint density at radius 1 is 1.18 bits per heavy atom. The zero-order valence-corrected chi connectivity index (χ0v) is 10.2. The second-order valence-corrected chi connectivity index (χ2v) is 3.53. The third-order valence-corrected chi connectivity index (χ3v) is 2.21. The van der Waals surface area contributed by atoms with Crippen LogP contribution >= 0.6 is 11.6 Å². The molecule has 0 aliphatic rings. The van der Waals surface area contributed by atoms with Gasteiger partial charge in [0, 0.05) is 5.02 Å². The molecular weight excluding hydrogens is 244 g/mol. The van der Waals surface area contributed by atoms with Gasteiger partial charge in [0.25, 0.3) is 0 Å². The molecule has 17 heavy (non-hydrogen) atoms.